The summed E-state index contributed by atoms with van der Waals surface area (Å²) in [6.07, 6.45) is 0. The van der Waals surface area contributed by atoms with Crippen LogP contribution in [0.15, 0.2) is 46.6 Å². The van der Waals surface area contributed by atoms with Crippen molar-refractivity contribution in [3.63, 3.8) is 0 Å². The van der Waals surface area contributed by atoms with Gasteiger partial charge in [-0.3, -0.25) is 0 Å². The second-order valence-corrected chi connectivity index (χ2v) is 6.26. The van der Waals surface area contributed by atoms with E-state index in [0.29, 0.717) is 22.1 Å². The molecule has 0 saturated carbocycles. The van der Waals surface area contributed by atoms with E-state index in [9.17, 15) is 5.11 Å². The van der Waals surface area contributed by atoms with Gasteiger partial charge in [0.15, 0.2) is 0 Å². The third-order valence-corrected chi connectivity index (χ3v) is 3.32. The maximum absolute atomic E-state index is 10.3. The van der Waals surface area contributed by atoms with Crippen molar-refractivity contribution < 1.29 is 5.11 Å². The lowest BCUT2D eigenvalue weighted by molar-refractivity contribution is 0.448. The van der Waals surface area contributed by atoms with Gasteiger partial charge >= 0.3 is 0 Å². The van der Waals surface area contributed by atoms with Gasteiger partial charge in [-0.1, -0.05) is 44.5 Å². The van der Waals surface area contributed by atoms with Crippen LogP contribution in [0.2, 0.25) is 5.02 Å². The van der Waals surface area contributed by atoms with Crippen LogP contribution in [0.5, 0.6) is 5.75 Å². The first kappa shape index (κ1) is 15.3. The molecule has 0 spiro atoms. The second kappa shape index (κ2) is 5.74. The van der Waals surface area contributed by atoms with E-state index >= 15 is 0 Å². The van der Waals surface area contributed by atoms with Crippen molar-refractivity contribution in [2.75, 3.05) is 5.73 Å². The number of nitrogens with two attached hydrogens (primary N) is 1. The van der Waals surface area contributed by atoms with Crippen molar-refractivity contribution in [2.24, 2.45) is 10.2 Å². The second-order valence-electron chi connectivity index (χ2n) is 5.83. The standard InChI is InChI=1S/C16H18ClN3O/c1-16(2,3)11-5-4-6-13(15(11)21)19-20-14-9-10(17)7-8-12(14)18/h4-9,21H,18H2,1-3H3. The van der Waals surface area contributed by atoms with Crippen LogP contribution >= 0.6 is 11.6 Å². The molecule has 0 amide bonds. The van der Waals surface area contributed by atoms with Gasteiger partial charge in [0.05, 0.1) is 5.69 Å². The monoisotopic (exact) mass is 303 g/mol. The molecule has 0 saturated heterocycles. The summed E-state index contributed by atoms with van der Waals surface area (Å²) < 4.78 is 0. The molecule has 0 atom stereocenters. The van der Waals surface area contributed by atoms with Crippen LogP contribution < -0.4 is 5.73 Å². The number of azo groups is 1. The minimum Gasteiger partial charge on any atom is -0.505 e. The molecule has 0 bridgehead atoms. The van der Waals surface area contributed by atoms with E-state index < -0.39 is 0 Å². The lowest BCUT2D eigenvalue weighted by atomic mass is 9.86. The summed E-state index contributed by atoms with van der Waals surface area (Å²) in [6.45, 7) is 6.08. The zero-order chi connectivity index (χ0) is 15.6. The highest BCUT2D eigenvalue weighted by molar-refractivity contribution is 6.31. The van der Waals surface area contributed by atoms with Crippen LogP contribution in [0, 0.1) is 0 Å². The van der Waals surface area contributed by atoms with Gasteiger partial charge < -0.3 is 10.8 Å². The Bertz CT molecular complexity index is 690. The molecule has 110 valence electrons. The maximum atomic E-state index is 10.3. The number of hydrogen-bond acceptors (Lipinski definition) is 4. The Balaban J connectivity index is 2.40. The summed E-state index contributed by atoms with van der Waals surface area (Å²) in [4.78, 5) is 0. The van der Waals surface area contributed by atoms with E-state index in [1.165, 1.54) is 0 Å². The van der Waals surface area contributed by atoms with Crippen LogP contribution in [0.4, 0.5) is 17.1 Å². The molecule has 0 heterocycles. The topological polar surface area (TPSA) is 71.0 Å². The van der Waals surface area contributed by atoms with Gasteiger partial charge in [0, 0.05) is 10.6 Å². The van der Waals surface area contributed by atoms with Crippen LogP contribution in [0.25, 0.3) is 0 Å². The van der Waals surface area contributed by atoms with Crippen LogP contribution in [0.3, 0.4) is 0 Å². The Morgan fingerprint density at radius 3 is 2.38 bits per heavy atom. The molecule has 3 N–H and O–H groups in total. The Labute approximate surface area is 129 Å². The van der Waals surface area contributed by atoms with Gasteiger partial charge in [0.25, 0.3) is 0 Å². The number of nitrogens with zero attached hydrogens (tertiary/aromatic N) is 2. The molecule has 2 aromatic rings. The summed E-state index contributed by atoms with van der Waals surface area (Å²) in [6, 6.07) is 10.4. The van der Waals surface area contributed by atoms with Crippen molar-refractivity contribution in [1.29, 1.82) is 0 Å². The number of anilines is 1. The first-order valence-corrected chi connectivity index (χ1v) is 6.96. The zero-order valence-corrected chi connectivity index (χ0v) is 13.0. The van der Waals surface area contributed by atoms with E-state index in [2.05, 4.69) is 10.2 Å². The van der Waals surface area contributed by atoms with Crippen molar-refractivity contribution in [3.05, 3.63) is 47.0 Å². The number of hydrogen-bond donors (Lipinski definition) is 2. The van der Waals surface area contributed by atoms with E-state index in [-0.39, 0.29) is 11.2 Å². The van der Waals surface area contributed by atoms with Crippen molar-refractivity contribution in [3.8, 4) is 5.75 Å². The Morgan fingerprint density at radius 1 is 1.05 bits per heavy atom. The average molecular weight is 304 g/mol. The van der Waals surface area contributed by atoms with E-state index in [1.807, 2.05) is 32.9 Å². The van der Waals surface area contributed by atoms with Gasteiger partial charge in [-0.05, 0) is 29.7 Å². The molecule has 0 aliphatic rings. The fourth-order valence-electron chi connectivity index (χ4n) is 1.93. The van der Waals surface area contributed by atoms with Crippen LogP contribution in [0.1, 0.15) is 26.3 Å². The molecule has 0 fully saturated rings. The van der Waals surface area contributed by atoms with Gasteiger partial charge in [-0.25, -0.2) is 0 Å². The molecule has 0 aliphatic carbocycles. The highest BCUT2D eigenvalue weighted by Crippen LogP contribution is 2.38. The van der Waals surface area contributed by atoms with E-state index in [0.717, 1.165) is 5.56 Å². The van der Waals surface area contributed by atoms with Crippen molar-refractivity contribution in [1.82, 2.24) is 0 Å². The van der Waals surface area contributed by atoms with Gasteiger partial charge in [-0.15, -0.1) is 10.2 Å². The molecule has 0 radical (unpaired) electrons. The fourth-order valence-corrected chi connectivity index (χ4v) is 2.09. The third-order valence-electron chi connectivity index (χ3n) is 3.08. The molecular weight excluding hydrogens is 286 g/mol. The predicted octanol–water partition coefficient (Wildman–Crippen LogP) is 5.34. The Morgan fingerprint density at radius 2 is 1.71 bits per heavy atom. The van der Waals surface area contributed by atoms with Crippen molar-refractivity contribution >= 4 is 28.7 Å². The molecular formula is C16H18ClN3O. The minimum atomic E-state index is -0.176. The summed E-state index contributed by atoms with van der Waals surface area (Å²) in [5.74, 6) is 0.134. The molecule has 0 unspecified atom stereocenters. The number of benzene rings is 2. The molecule has 0 aliphatic heterocycles. The van der Waals surface area contributed by atoms with Gasteiger partial charge in [-0.2, -0.15) is 0 Å². The highest BCUT2D eigenvalue weighted by Gasteiger charge is 2.19. The summed E-state index contributed by atoms with van der Waals surface area (Å²) in [5.41, 5.74) is 7.82. The molecule has 0 aromatic heterocycles. The van der Waals surface area contributed by atoms with Crippen LogP contribution in [-0.2, 0) is 5.41 Å². The maximum Gasteiger partial charge on any atom is 0.146 e. The molecule has 4 nitrogen and oxygen atoms in total. The van der Waals surface area contributed by atoms with Crippen molar-refractivity contribution in [2.45, 2.75) is 26.2 Å². The molecule has 5 heteroatoms. The average Bonchev–Trinajstić information content (AvgIpc) is 2.40. The number of phenolic OH excluding ortho intramolecular Hbond substituents is 1. The number of para-hydroxylation sites is 1. The first-order valence-electron chi connectivity index (χ1n) is 6.58. The Kier molecular flexibility index (Phi) is 4.19. The SMILES string of the molecule is CC(C)(C)c1cccc(N=Nc2cc(Cl)ccc2N)c1O. The smallest absolute Gasteiger partial charge is 0.146 e. The summed E-state index contributed by atoms with van der Waals surface area (Å²) >= 11 is 5.91. The van der Waals surface area contributed by atoms with Gasteiger partial charge in [0.2, 0.25) is 0 Å². The highest BCUT2D eigenvalue weighted by atomic mass is 35.5. The number of nitrogen functional groups attached to an aromatic ring is 1. The lowest BCUT2D eigenvalue weighted by Crippen LogP contribution is -2.10. The van der Waals surface area contributed by atoms with E-state index in [1.54, 1.807) is 24.3 Å². The number of rotatable bonds is 2. The lowest BCUT2D eigenvalue weighted by Gasteiger charge is -2.20. The number of aromatic hydroxyl groups is 1. The van der Waals surface area contributed by atoms with E-state index in [4.69, 9.17) is 17.3 Å². The minimum absolute atomic E-state index is 0.134. The Hall–Kier alpha value is -2.07. The number of phenols is 1. The molecule has 21 heavy (non-hydrogen) atoms. The summed E-state index contributed by atoms with van der Waals surface area (Å²) in [7, 11) is 0. The number of halogens is 1. The first-order chi connectivity index (χ1) is 9.79. The molecule has 2 rings (SSSR count). The predicted molar refractivity (Wildman–Crippen MR) is 86.8 cm³/mol. The van der Waals surface area contributed by atoms with Crippen LogP contribution in [-0.4, -0.2) is 5.11 Å². The van der Waals surface area contributed by atoms with Gasteiger partial charge in [0.1, 0.15) is 17.1 Å². The fraction of sp³-hybridized carbons (Fsp3) is 0.250. The normalized spacial score (nSPS) is 12.0. The summed E-state index contributed by atoms with van der Waals surface area (Å²) in [5, 5.41) is 19.0. The molecule has 2 aromatic carbocycles. The third kappa shape index (κ3) is 3.52. The quantitative estimate of drug-likeness (QED) is 0.580. The largest absolute Gasteiger partial charge is 0.505 e. The zero-order valence-electron chi connectivity index (χ0n) is 12.3.